The number of rotatable bonds is 3. The summed E-state index contributed by atoms with van der Waals surface area (Å²) in [6.45, 7) is 4.81. The Labute approximate surface area is 100 Å². The second-order valence-electron chi connectivity index (χ2n) is 4.31. The maximum absolute atomic E-state index is 11.4. The molecule has 0 bridgehead atoms. The molecule has 17 heavy (non-hydrogen) atoms. The van der Waals surface area contributed by atoms with Crippen molar-refractivity contribution in [3.63, 3.8) is 0 Å². The molecule has 0 aromatic carbocycles. The van der Waals surface area contributed by atoms with E-state index in [0.717, 1.165) is 32.5 Å². The van der Waals surface area contributed by atoms with Gasteiger partial charge in [0.15, 0.2) is 5.82 Å². The number of nitrogens with zero attached hydrogens (tertiary/aromatic N) is 2. The summed E-state index contributed by atoms with van der Waals surface area (Å²) in [5.74, 6) is 0.608. The van der Waals surface area contributed by atoms with Crippen LogP contribution < -0.4 is 21.5 Å². The predicted octanol–water partition coefficient (Wildman–Crippen LogP) is -0.0696. The van der Waals surface area contributed by atoms with Crippen molar-refractivity contribution in [1.29, 1.82) is 0 Å². The zero-order chi connectivity index (χ0) is 12.3. The molecule has 6 heteroatoms. The number of anilines is 2. The molecule has 94 valence electrons. The van der Waals surface area contributed by atoms with Crippen LogP contribution in [0.2, 0.25) is 0 Å². The number of aromatic amines is 1. The number of piperidine rings is 1. The molecule has 2 heterocycles. The molecule has 1 saturated heterocycles. The smallest absolute Gasteiger partial charge is 0.276 e. The van der Waals surface area contributed by atoms with Crippen LogP contribution in [0.25, 0.3) is 0 Å². The lowest BCUT2D eigenvalue weighted by molar-refractivity contribution is 0.430. The molecule has 0 radical (unpaired) electrons. The highest BCUT2D eigenvalue weighted by Crippen LogP contribution is 2.20. The number of nitrogens with two attached hydrogens (primary N) is 1. The van der Waals surface area contributed by atoms with Gasteiger partial charge in [0.2, 0.25) is 0 Å². The van der Waals surface area contributed by atoms with Crippen molar-refractivity contribution in [2.45, 2.75) is 25.8 Å². The zero-order valence-electron chi connectivity index (χ0n) is 10.1. The third kappa shape index (κ3) is 2.58. The Morgan fingerprint density at radius 3 is 3.29 bits per heavy atom. The predicted molar refractivity (Wildman–Crippen MR) is 68.2 cm³/mol. The Balaban J connectivity index is 2.16. The molecule has 0 saturated carbocycles. The van der Waals surface area contributed by atoms with Crippen molar-refractivity contribution in [2.24, 2.45) is 0 Å². The van der Waals surface area contributed by atoms with Crippen LogP contribution >= 0.6 is 0 Å². The van der Waals surface area contributed by atoms with Gasteiger partial charge in [-0.15, -0.1) is 0 Å². The average molecular weight is 237 g/mol. The molecule has 1 aliphatic heterocycles. The van der Waals surface area contributed by atoms with Gasteiger partial charge in [0.1, 0.15) is 5.69 Å². The number of hydrogen-bond donors (Lipinski definition) is 3. The minimum Gasteiger partial charge on any atom is -0.391 e. The summed E-state index contributed by atoms with van der Waals surface area (Å²) >= 11 is 0. The molecule has 0 amide bonds. The second kappa shape index (κ2) is 5.18. The van der Waals surface area contributed by atoms with Crippen molar-refractivity contribution in [1.82, 2.24) is 15.3 Å². The van der Waals surface area contributed by atoms with Crippen LogP contribution in [0.4, 0.5) is 11.5 Å². The van der Waals surface area contributed by atoms with E-state index >= 15 is 0 Å². The van der Waals surface area contributed by atoms with Crippen LogP contribution in [0.1, 0.15) is 19.8 Å². The number of H-pyrrole nitrogens is 1. The molecular formula is C11H19N5O. The van der Waals surface area contributed by atoms with Gasteiger partial charge < -0.3 is 20.9 Å². The monoisotopic (exact) mass is 237 g/mol. The van der Waals surface area contributed by atoms with E-state index < -0.39 is 0 Å². The van der Waals surface area contributed by atoms with Crippen molar-refractivity contribution in [2.75, 3.05) is 30.3 Å². The van der Waals surface area contributed by atoms with Crippen LogP contribution in [0.3, 0.4) is 0 Å². The topological polar surface area (TPSA) is 87.0 Å². The van der Waals surface area contributed by atoms with Crippen molar-refractivity contribution >= 4 is 11.5 Å². The molecule has 1 aliphatic rings. The molecular weight excluding hydrogens is 218 g/mol. The minimum atomic E-state index is -0.263. The lowest BCUT2D eigenvalue weighted by atomic mass is 10.1. The van der Waals surface area contributed by atoms with Gasteiger partial charge in [0.25, 0.3) is 5.56 Å². The first-order valence-corrected chi connectivity index (χ1v) is 6.04. The van der Waals surface area contributed by atoms with E-state index in [2.05, 4.69) is 27.1 Å². The van der Waals surface area contributed by atoms with E-state index in [0.29, 0.717) is 11.9 Å². The summed E-state index contributed by atoms with van der Waals surface area (Å²) in [7, 11) is 0. The Hall–Kier alpha value is -1.56. The highest BCUT2D eigenvalue weighted by Gasteiger charge is 2.22. The van der Waals surface area contributed by atoms with Gasteiger partial charge in [-0.05, 0) is 19.4 Å². The van der Waals surface area contributed by atoms with Gasteiger partial charge in [0.05, 0.1) is 6.33 Å². The summed E-state index contributed by atoms with van der Waals surface area (Å²) in [6, 6.07) is 0.453. The van der Waals surface area contributed by atoms with Gasteiger partial charge in [-0.1, -0.05) is 6.92 Å². The minimum absolute atomic E-state index is 0.213. The summed E-state index contributed by atoms with van der Waals surface area (Å²) in [5.41, 5.74) is 5.71. The number of nitrogens with one attached hydrogen (secondary N) is 2. The Morgan fingerprint density at radius 2 is 2.53 bits per heavy atom. The molecule has 0 spiro atoms. The molecule has 2 rings (SSSR count). The van der Waals surface area contributed by atoms with Crippen LogP contribution in [-0.4, -0.2) is 35.6 Å². The van der Waals surface area contributed by atoms with Crippen molar-refractivity contribution in [3.05, 3.63) is 16.7 Å². The third-order valence-corrected chi connectivity index (χ3v) is 3.08. The SMILES string of the molecule is CCNC1CCCN(c2nc[nH]c(=O)c2N)C1. The second-order valence-corrected chi connectivity index (χ2v) is 4.31. The normalized spacial score (nSPS) is 20.5. The number of hydrogen-bond acceptors (Lipinski definition) is 5. The maximum Gasteiger partial charge on any atom is 0.276 e. The summed E-state index contributed by atoms with van der Waals surface area (Å²) in [4.78, 5) is 20.2. The fourth-order valence-electron chi connectivity index (χ4n) is 2.28. The first-order valence-electron chi connectivity index (χ1n) is 6.04. The fourth-order valence-corrected chi connectivity index (χ4v) is 2.28. The number of nitrogen functional groups attached to an aromatic ring is 1. The van der Waals surface area contributed by atoms with E-state index in [-0.39, 0.29) is 11.2 Å². The largest absolute Gasteiger partial charge is 0.391 e. The maximum atomic E-state index is 11.4. The number of likely N-dealkylation sites (N-methyl/N-ethyl adjacent to an activating group) is 1. The molecule has 1 fully saturated rings. The van der Waals surface area contributed by atoms with E-state index in [1.165, 1.54) is 6.33 Å². The van der Waals surface area contributed by atoms with Crippen LogP contribution in [0, 0.1) is 0 Å². The first-order chi connectivity index (χ1) is 8.22. The van der Waals surface area contributed by atoms with E-state index in [1.807, 2.05) is 0 Å². The lowest BCUT2D eigenvalue weighted by Gasteiger charge is -2.34. The molecule has 6 nitrogen and oxygen atoms in total. The number of aromatic nitrogens is 2. The average Bonchev–Trinajstić information content (AvgIpc) is 2.33. The lowest BCUT2D eigenvalue weighted by Crippen LogP contribution is -2.46. The van der Waals surface area contributed by atoms with Crippen LogP contribution in [-0.2, 0) is 0 Å². The molecule has 1 aromatic heterocycles. The van der Waals surface area contributed by atoms with Gasteiger partial charge >= 0.3 is 0 Å². The Bertz CT molecular complexity index is 428. The van der Waals surface area contributed by atoms with E-state index in [4.69, 9.17) is 5.73 Å². The van der Waals surface area contributed by atoms with Crippen LogP contribution in [0.15, 0.2) is 11.1 Å². The van der Waals surface area contributed by atoms with Gasteiger partial charge in [-0.2, -0.15) is 0 Å². The Morgan fingerprint density at radius 1 is 1.71 bits per heavy atom. The zero-order valence-corrected chi connectivity index (χ0v) is 10.1. The third-order valence-electron chi connectivity index (χ3n) is 3.08. The summed E-state index contributed by atoms with van der Waals surface area (Å²) in [6.07, 6.45) is 3.66. The highest BCUT2D eigenvalue weighted by molar-refractivity contribution is 5.61. The quantitative estimate of drug-likeness (QED) is 0.685. The van der Waals surface area contributed by atoms with Crippen molar-refractivity contribution < 1.29 is 0 Å². The highest BCUT2D eigenvalue weighted by atomic mass is 16.1. The molecule has 0 aliphatic carbocycles. The first kappa shape index (κ1) is 11.9. The van der Waals surface area contributed by atoms with Gasteiger partial charge in [-0.3, -0.25) is 4.79 Å². The standard InChI is InChI=1S/C11H19N5O/c1-2-13-8-4-3-5-16(6-8)10-9(12)11(17)15-7-14-10/h7-8,13H,2-6,12H2,1H3,(H,14,15,17). The molecule has 1 unspecified atom stereocenters. The summed E-state index contributed by atoms with van der Waals surface area (Å²) < 4.78 is 0. The molecule has 1 atom stereocenters. The van der Waals surface area contributed by atoms with Crippen LogP contribution in [0.5, 0.6) is 0 Å². The summed E-state index contributed by atoms with van der Waals surface area (Å²) in [5, 5.41) is 3.42. The molecule has 4 N–H and O–H groups in total. The van der Waals surface area contributed by atoms with E-state index in [9.17, 15) is 4.79 Å². The van der Waals surface area contributed by atoms with Gasteiger partial charge in [-0.25, -0.2) is 4.98 Å². The van der Waals surface area contributed by atoms with Gasteiger partial charge in [0, 0.05) is 19.1 Å². The van der Waals surface area contributed by atoms with E-state index in [1.54, 1.807) is 0 Å². The molecule has 1 aromatic rings. The van der Waals surface area contributed by atoms with Crippen molar-refractivity contribution in [3.8, 4) is 0 Å². The Kier molecular flexibility index (Phi) is 3.63. The fraction of sp³-hybridized carbons (Fsp3) is 0.636.